The number of ether oxygens (including phenoxy) is 2. The molecule has 1 aliphatic heterocycles. The van der Waals surface area contributed by atoms with E-state index in [4.69, 9.17) is 19.7 Å². The van der Waals surface area contributed by atoms with Crippen molar-refractivity contribution in [1.82, 2.24) is 0 Å². The smallest absolute Gasteiger partial charge is 0.335 e. The molecule has 0 bridgehead atoms. The largest absolute Gasteiger partial charge is 0.479 e. The van der Waals surface area contributed by atoms with E-state index in [0.717, 1.165) is 0 Å². The van der Waals surface area contributed by atoms with Gasteiger partial charge < -0.3 is 65.3 Å². The molecule has 1 saturated heterocycles. The van der Waals surface area contributed by atoms with Gasteiger partial charge in [-0.2, -0.15) is 0 Å². The maximum Gasteiger partial charge on any atom is 0.335 e. The number of aliphatic carboxylic acids is 1. The third-order valence-corrected chi connectivity index (χ3v) is 4.22. The highest BCUT2D eigenvalue weighted by Crippen LogP contribution is 2.24. The second-order valence-electron chi connectivity index (χ2n) is 6.18. The van der Waals surface area contributed by atoms with Crippen molar-refractivity contribution in [3.8, 4) is 0 Å². The van der Waals surface area contributed by atoms with E-state index in [-0.39, 0.29) is 6.29 Å². The first-order valence-electron chi connectivity index (χ1n) is 8.02. The SMILES string of the molecule is O=C[C@H](O)[C@@H](O)[C@@H](O)[C@H](O)[C@H](O)[C@H](CO)O[C@H]1O[C@H](C(=O)O)[C@H](O)[C@H](O)[C@H]1O. The predicted octanol–water partition coefficient (Wildman–Crippen LogP) is -6.74. The highest BCUT2D eigenvalue weighted by Gasteiger charge is 2.49. The average Bonchev–Trinajstić information content (AvgIpc) is 2.68. The van der Waals surface area contributed by atoms with Gasteiger partial charge in [-0.05, 0) is 0 Å². The van der Waals surface area contributed by atoms with Gasteiger partial charge in [0.15, 0.2) is 18.7 Å². The monoisotopic (exact) mass is 416 g/mol. The van der Waals surface area contributed by atoms with E-state index in [1.807, 2.05) is 0 Å². The molecule has 164 valence electrons. The number of aliphatic hydroxyl groups excluding tert-OH is 9. The zero-order chi connectivity index (χ0) is 21.8. The number of aliphatic hydroxyl groups is 9. The van der Waals surface area contributed by atoms with Crippen molar-refractivity contribution in [2.45, 2.75) is 67.3 Å². The minimum Gasteiger partial charge on any atom is -0.479 e. The second-order valence-corrected chi connectivity index (χ2v) is 6.18. The number of rotatable bonds is 10. The number of carbonyl (C=O) groups is 2. The molecule has 1 rings (SSSR count). The number of hydrogen-bond acceptors (Lipinski definition) is 13. The van der Waals surface area contributed by atoms with Crippen LogP contribution in [0.1, 0.15) is 0 Å². The molecule has 28 heavy (non-hydrogen) atoms. The van der Waals surface area contributed by atoms with Crippen molar-refractivity contribution >= 4 is 12.3 Å². The first-order valence-corrected chi connectivity index (χ1v) is 8.02. The molecule has 0 amide bonds. The van der Waals surface area contributed by atoms with Crippen LogP contribution in [0.3, 0.4) is 0 Å². The standard InChI is InChI=1S/C14H24O14/c15-1-3(17)5(18)7(20)8(21)6(19)4(2-16)27-14-11(24)9(22)10(23)12(28-14)13(25)26/h1,3-12,14,16-24H,2H2,(H,25,26)/t3-,4-,5+,6+,7+,8+,9-,10+,11+,12-,14-/m0/s1. The van der Waals surface area contributed by atoms with E-state index in [1.54, 1.807) is 0 Å². The fourth-order valence-electron chi connectivity index (χ4n) is 2.47. The van der Waals surface area contributed by atoms with Gasteiger partial charge in [0, 0.05) is 0 Å². The molecule has 1 fully saturated rings. The summed E-state index contributed by atoms with van der Waals surface area (Å²) in [7, 11) is 0. The van der Waals surface area contributed by atoms with Crippen LogP contribution in [0.25, 0.3) is 0 Å². The Kier molecular flexibility index (Phi) is 9.25. The average molecular weight is 416 g/mol. The van der Waals surface area contributed by atoms with Crippen molar-refractivity contribution in [1.29, 1.82) is 0 Å². The van der Waals surface area contributed by atoms with E-state index in [0.29, 0.717) is 0 Å². The molecule has 0 radical (unpaired) electrons. The highest BCUT2D eigenvalue weighted by molar-refractivity contribution is 5.73. The Balaban J connectivity index is 2.88. The zero-order valence-corrected chi connectivity index (χ0v) is 14.2. The van der Waals surface area contributed by atoms with E-state index in [1.165, 1.54) is 0 Å². The van der Waals surface area contributed by atoms with Gasteiger partial charge in [0.05, 0.1) is 6.61 Å². The van der Waals surface area contributed by atoms with Crippen LogP contribution >= 0.6 is 0 Å². The van der Waals surface area contributed by atoms with Gasteiger partial charge >= 0.3 is 5.97 Å². The Bertz CT molecular complexity index is 516. The third-order valence-electron chi connectivity index (χ3n) is 4.22. The van der Waals surface area contributed by atoms with Crippen molar-refractivity contribution in [2.75, 3.05) is 6.61 Å². The number of aldehydes is 1. The molecule has 0 aliphatic carbocycles. The van der Waals surface area contributed by atoms with Crippen molar-refractivity contribution in [3.63, 3.8) is 0 Å². The van der Waals surface area contributed by atoms with Gasteiger partial charge in [0.2, 0.25) is 0 Å². The lowest BCUT2D eigenvalue weighted by Crippen LogP contribution is -2.62. The van der Waals surface area contributed by atoms with Crippen LogP contribution < -0.4 is 0 Å². The normalized spacial score (nSPS) is 34.7. The first-order chi connectivity index (χ1) is 13.0. The van der Waals surface area contributed by atoms with Crippen LogP contribution in [0.2, 0.25) is 0 Å². The summed E-state index contributed by atoms with van der Waals surface area (Å²) in [5, 5.41) is 95.6. The van der Waals surface area contributed by atoms with E-state index >= 15 is 0 Å². The van der Waals surface area contributed by atoms with Crippen LogP contribution in [-0.4, -0.2) is 137 Å². The fraction of sp³-hybridized carbons (Fsp3) is 0.857. The molecule has 1 heterocycles. The highest BCUT2D eigenvalue weighted by atomic mass is 16.7. The topological polar surface area (TPSA) is 255 Å². The lowest BCUT2D eigenvalue weighted by Gasteiger charge is -2.40. The molecule has 0 aromatic heterocycles. The van der Waals surface area contributed by atoms with Crippen LogP contribution in [0, 0.1) is 0 Å². The Labute approximate surface area is 157 Å². The van der Waals surface area contributed by atoms with Gasteiger partial charge in [-0.15, -0.1) is 0 Å². The minimum atomic E-state index is -2.28. The van der Waals surface area contributed by atoms with Crippen LogP contribution in [0.15, 0.2) is 0 Å². The maximum absolute atomic E-state index is 11.0. The summed E-state index contributed by atoms with van der Waals surface area (Å²) in [6.45, 7) is -1.08. The zero-order valence-electron chi connectivity index (χ0n) is 14.2. The van der Waals surface area contributed by atoms with Crippen LogP contribution in [-0.2, 0) is 19.1 Å². The molecule has 0 spiro atoms. The van der Waals surface area contributed by atoms with Crippen molar-refractivity contribution in [3.05, 3.63) is 0 Å². The molecule has 14 heteroatoms. The summed E-state index contributed by atoms with van der Waals surface area (Å²) in [4.78, 5) is 21.4. The fourth-order valence-corrected chi connectivity index (χ4v) is 2.47. The van der Waals surface area contributed by atoms with Gasteiger partial charge in [0.1, 0.15) is 54.9 Å². The number of carboxylic acid groups (broad SMARTS) is 1. The minimum absolute atomic E-state index is 0.141. The summed E-state index contributed by atoms with van der Waals surface area (Å²) in [6, 6.07) is 0. The maximum atomic E-state index is 11.0. The quantitative estimate of drug-likeness (QED) is 0.149. The molecule has 0 aromatic carbocycles. The lowest BCUT2D eigenvalue weighted by molar-refractivity contribution is -0.316. The Morgan fingerprint density at radius 1 is 0.929 bits per heavy atom. The van der Waals surface area contributed by atoms with Crippen molar-refractivity contribution < 1.29 is 70.1 Å². The summed E-state index contributed by atoms with van der Waals surface area (Å²) in [5.74, 6) is -1.71. The Hall–Kier alpha value is -1.30. The van der Waals surface area contributed by atoms with E-state index in [9.17, 15) is 50.4 Å². The lowest BCUT2D eigenvalue weighted by atomic mass is 9.96. The third kappa shape index (κ3) is 5.40. The number of hydrogen-bond donors (Lipinski definition) is 10. The van der Waals surface area contributed by atoms with Gasteiger partial charge in [-0.3, -0.25) is 0 Å². The van der Waals surface area contributed by atoms with E-state index in [2.05, 4.69) is 0 Å². The molecule has 0 aromatic rings. The summed E-state index contributed by atoms with van der Waals surface area (Å²) in [6.07, 6.45) is -23.1. The van der Waals surface area contributed by atoms with Crippen LogP contribution in [0.4, 0.5) is 0 Å². The van der Waals surface area contributed by atoms with Gasteiger partial charge in [-0.1, -0.05) is 0 Å². The predicted molar refractivity (Wildman–Crippen MR) is 82.4 cm³/mol. The molecular weight excluding hydrogens is 392 g/mol. The summed E-state index contributed by atoms with van der Waals surface area (Å²) < 4.78 is 9.74. The van der Waals surface area contributed by atoms with E-state index < -0.39 is 79.9 Å². The molecule has 10 N–H and O–H groups in total. The van der Waals surface area contributed by atoms with Gasteiger partial charge in [0.25, 0.3) is 0 Å². The summed E-state index contributed by atoms with van der Waals surface area (Å²) >= 11 is 0. The molecule has 0 saturated carbocycles. The second kappa shape index (κ2) is 10.5. The number of carbonyl (C=O) groups excluding carboxylic acids is 1. The number of carboxylic acids is 1. The Morgan fingerprint density at radius 2 is 1.46 bits per heavy atom. The molecule has 14 nitrogen and oxygen atoms in total. The Morgan fingerprint density at radius 3 is 1.93 bits per heavy atom. The molecular formula is C14H24O14. The molecule has 11 atom stereocenters. The van der Waals surface area contributed by atoms with Crippen molar-refractivity contribution in [2.24, 2.45) is 0 Å². The summed E-state index contributed by atoms with van der Waals surface area (Å²) in [5.41, 5.74) is 0. The molecule has 1 aliphatic rings. The van der Waals surface area contributed by atoms with Gasteiger partial charge in [-0.25, -0.2) is 4.79 Å². The first kappa shape index (κ1) is 24.7. The van der Waals surface area contributed by atoms with Crippen LogP contribution in [0.5, 0.6) is 0 Å². The molecule has 0 unspecified atom stereocenters.